The molecule has 104 valence electrons. The second-order valence-corrected chi connectivity index (χ2v) is 6.84. The molecule has 3 unspecified atom stereocenters. The van der Waals surface area contributed by atoms with Crippen LogP contribution >= 0.6 is 0 Å². The normalized spacial score (nSPS) is 40.5. The van der Waals surface area contributed by atoms with Crippen molar-refractivity contribution in [3.63, 3.8) is 0 Å². The fraction of sp³-hybridized carbons (Fsp3) is 1.00. The van der Waals surface area contributed by atoms with Crippen molar-refractivity contribution in [2.75, 3.05) is 32.8 Å². The monoisotopic (exact) mass is 252 g/mol. The molecule has 0 amide bonds. The zero-order valence-corrected chi connectivity index (χ0v) is 12.2. The molecule has 0 aromatic carbocycles. The highest BCUT2D eigenvalue weighted by atomic mass is 16.5. The third-order valence-corrected chi connectivity index (χ3v) is 5.55. The van der Waals surface area contributed by atoms with E-state index in [2.05, 4.69) is 30.6 Å². The molecule has 2 heterocycles. The van der Waals surface area contributed by atoms with E-state index in [4.69, 9.17) is 4.74 Å². The van der Waals surface area contributed by atoms with Gasteiger partial charge in [-0.15, -0.1) is 0 Å². The van der Waals surface area contributed by atoms with E-state index in [1.165, 1.54) is 45.4 Å². The molecule has 0 bridgehead atoms. The molecular weight excluding hydrogens is 224 g/mol. The van der Waals surface area contributed by atoms with Crippen LogP contribution in [0.25, 0.3) is 0 Å². The highest BCUT2D eigenvalue weighted by Crippen LogP contribution is 2.46. The van der Waals surface area contributed by atoms with Gasteiger partial charge in [-0.25, -0.2) is 0 Å². The standard InChI is InChI=1S/C15H28N2O/c1-4-18-14-10-13(15(14,2)3)17-9-8-16-7-5-6-12(16)11-17/h12-14H,4-11H2,1-3H3. The first-order valence-electron chi connectivity index (χ1n) is 7.72. The van der Waals surface area contributed by atoms with Crippen LogP contribution in [0.4, 0.5) is 0 Å². The van der Waals surface area contributed by atoms with Crippen LogP contribution in [0.15, 0.2) is 0 Å². The molecule has 3 heteroatoms. The van der Waals surface area contributed by atoms with Gasteiger partial charge < -0.3 is 4.74 Å². The molecule has 3 aliphatic rings. The number of nitrogens with zero attached hydrogens (tertiary/aromatic N) is 2. The van der Waals surface area contributed by atoms with Crippen LogP contribution in [0.5, 0.6) is 0 Å². The molecule has 0 aromatic rings. The first kappa shape index (κ1) is 12.9. The van der Waals surface area contributed by atoms with Gasteiger partial charge in [0.05, 0.1) is 6.10 Å². The lowest BCUT2D eigenvalue weighted by atomic mass is 9.63. The number of piperazine rings is 1. The summed E-state index contributed by atoms with van der Waals surface area (Å²) in [6, 6.07) is 1.59. The van der Waals surface area contributed by atoms with Gasteiger partial charge >= 0.3 is 0 Å². The summed E-state index contributed by atoms with van der Waals surface area (Å²) in [5.74, 6) is 0. The molecule has 2 saturated heterocycles. The van der Waals surface area contributed by atoms with Crippen LogP contribution in [-0.4, -0.2) is 60.8 Å². The Morgan fingerprint density at radius 2 is 1.94 bits per heavy atom. The van der Waals surface area contributed by atoms with Crippen molar-refractivity contribution in [1.82, 2.24) is 9.80 Å². The number of rotatable bonds is 3. The predicted octanol–water partition coefficient (Wildman–Crippen LogP) is 1.97. The van der Waals surface area contributed by atoms with E-state index in [0.29, 0.717) is 11.5 Å². The van der Waals surface area contributed by atoms with Gasteiger partial charge in [0, 0.05) is 43.7 Å². The molecule has 1 aliphatic carbocycles. The van der Waals surface area contributed by atoms with E-state index < -0.39 is 0 Å². The van der Waals surface area contributed by atoms with E-state index in [1.807, 2.05) is 0 Å². The third-order valence-electron chi connectivity index (χ3n) is 5.55. The maximum absolute atomic E-state index is 5.86. The number of fused-ring (bicyclic) bond motifs is 1. The predicted molar refractivity (Wildman–Crippen MR) is 73.8 cm³/mol. The first-order valence-corrected chi connectivity index (χ1v) is 7.72. The Kier molecular flexibility index (Phi) is 3.41. The molecule has 0 radical (unpaired) electrons. The summed E-state index contributed by atoms with van der Waals surface area (Å²) in [7, 11) is 0. The molecule has 3 atom stereocenters. The maximum atomic E-state index is 5.86. The van der Waals surface area contributed by atoms with Gasteiger partial charge in [-0.3, -0.25) is 9.80 Å². The molecule has 0 spiro atoms. The van der Waals surface area contributed by atoms with Gasteiger partial charge in [-0.05, 0) is 32.7 Å². The minimum absolute atomic E-state index is 0.344. The fourth-order valence-corrected chi connectivity index (χ4v) is 4.27. The summed E-state index contributed by atoms with van der Waals surface area (Å²) in [5.41, 5.74) is 0.344. The Hall–Kier alpha value is -0.120. The highest BCUT2D eigenvalue weighted by Gasteiger charge is 2.52. The minimum atomic E-state index is 0.344. The molecule has 0 N–H and O–H groups in total. The second-order valence-electron chi connectivity index (χ2n) is 6.84. The van der Waals surface area contributed by atoms with Crippen molar-refractivity contribution in [1.29, 1.82) is 0 Å². The van der Waals surface area contributed by atoms with E-state index in [-0.39, 0.29) is 0 Å². The summed E-state index contributed by atoms with van der Waals surface area (Å²) < 4.78 is 5.86. The van der Waals surface area contributed by atoms with Crippen LogP contribution in [0.3, 0.4) is 0 Å². The van der Waals surface area contributed by atoms with Gasteiger partial charge in [0.25, 0.3) is 0 Å². The topological polar surface area (TPSA) is 15.7 Å². The maximum Gasteiger partial charge on any atom is 0.0655 e. The van der Waals surface area contributed by atoms with Gasteiger partial charge in [0.2, 0.25) is 0 Å². The number of ether oxygens (including phenoxy) is 1. The SMILES string of the molecule is CCOC1CC(N2CCN3CCCC3C2)C1(C)C. The fourth-order valence-electron chi connectivity index (χ4n) is 4.27. The van der Waals surface area contributed by atoms with Crippen molar-refractivity contribution in [3.05, 3.63) is 0 Å². The largest absolute Gasteiger partial charge is 0.378 e. The Morgan fingerprint density at radius 3 is 2.67 bits per heavy atom. The van der Waals surface area contributed by atoms with E-state index in [0.717, 1.165) is 18.7 Å². The molecule has 3 rings (SSSR count). The van der Waals surface area contributed by atoms with Crippen molar-refractivity contribution in [3.8, 4) is 0 Å². The molecule has 18 heavy (non-hydrogen) atoms. The van der Waals surface area contributed by atoms with Crippen LogP contribution in [0.2, 0.25) is 0 Å². The quantitative estimate of drug-likeness (QED) is 0.764. The van der Waals surface area contributed by atoms with Gasteiger partial charge in [-0.1, -0.05) is 13.8 Å². The molecular formula is C15H28N2O. The smallest absolute Gasteiger partial charge is 0.0655 e. The van der Waals surface area contributed by atoms with Crippen LogP contribution in [-0.2, 0) is 4.74 Å². The first-order chi connectivity index (χ1) is 8.63. The van der Waals surface area contributed by atoms with Crippen molar-refractivity contribution in [2.45, 2.75) is 58.2 Å². The lowest BCUT2D eigenvalue weighted by molar-refractivity contribution is -0.157. The number of hydrogen-bond acceptors (Lipinski definition) is 3. The molecule has 3 fully saturated rings. The Balaban J connectivity index is 1.60. The van der Waals surface area contributed by atoms with E-state index >= 15 is 0 Å². The van der Waals surface area contributed by atoms with Crippen molar-refractivity contribution >= 4 is 0 Å². The zero-order valence-electron chi connectivity index (χ0n) is 12.2. The summed E-state index contributed by atoms with van der Waals surface area (Å²) in [5, 5.41) is 0. The Bertz CT molecular complexity index is 305. The van der Waals surface area contributed by atoms with Crippen LogP contribution < -0.4 is 0 Å². The molecule has 3 nitrogen and oxygen atoms in total. The van der Waals surface area contributed by atoms with Crippen LogP contribution in [0.1, 0.15) is 40.0 Å². The molecule has 1 saturated carbocycles. The van der Waals surface area contributed by atoms with Gasteiger partial charge in [0.1, 0.15) is 0 Å². The van der Waals surface area contributed by atoms with Crippen molar-refractivity contribution in [2.24, 2.45) is 5.41 Å². The molecule has 0 aromatic heterocycles. The van der Waals surface area contributed by atoms with Crippen LogP contribution in [0, 0.1) is 5.41 Å². The summed E-state index contributed by atoms with van der Waals surface area (Å²) in [6.07, 6.45) is 4.55. The Morgan fingerprint density at radius 1 is 1.17 bits per heavy atom. The highest BCUT2D eigenvalue weighted by molar-refractivity contribution is 5.05. The summed E-state index contributed by atoms with van der Waals surface area (Å²) >= 11 is 0. The minimum Gasteiger partial charge on any atom is -0.378 e. The van der Waals surface area contributed by atoms with Gasteiger partial charge in [-0.2, -0.15) is 0 Å². The van der Waals surface area contributed by atoms with E-state index in [9.17, 15) is 0 Å². The molecule has 2 aliphatic heterocycles. The van der Waals surface area contributed by atoms with E-state index in [1.54, 1.807) is 0 Å². The summed E-state index contributed by atoms with van der Waals surface area (Å²) in [6.45, 7) is 12.9. The average molecular weight is 252 g/mol. The lowest BCUT2D eigenvalue weighted by Crippen LogP contribution is -2.66. The number of hydrogen-bond donors (Lipinski definition) is 0. The lowest BCUT2D eigenvalue weighted by Gasteiger charge is -2.57. The van der Waals surface area contributed by atoms with Crippen molar-refractivity contribution < 1.29 is 4.74 Å². The third kappa shape index (κ3) is 2.00. The zero-order chi connectivity index (χ0) is 12.8. The second kappa shape index (κ2) is 4.77. The Labute approximate surface area is 111 Å². The average Bonchev–Trinajstić information content (AvgIpc) is 2.81. The van der Waals surface area contributed by atoms with Gasteiger partial charge in [0.15, 0.2) is 0 Å². The summed E-state index contributed by atoms with van der Waals surface area (Å²) in [4.78, 5) is 5.45.